The van der Waals surface area contributed by atoms with E-state index in [1.54, 1.807) is 7.11 Å². The van der Waals surface area contributed by atoms with E-state index in [-0.39, 0.29) is 11.6 Å². The summed E-state index contributed by atoms with van der Waals surface area (Å²) in [5.41, 5.74) is 5.20. The van der Waals surface area contributed by atoms with Crippen LogP contribution in [0.3, 0.4) is 0 Å². The molecule has 1 N–H and O–H groups in total. The summed E-state index contributed by atoms with van der Waals surface area (Å²) < 4.78 is 7.10. The van der Waals surface area contributed by atoms with Crippen LogP contribution < -0.4 is 5.56 Å². The van der Waals surface area contributed by atoms with Crippen LogP contribution in [0.1, 0.15) is 53.9 Å². The van der Waals surface area contributed by atoms with Crippen LogP contribution in [0.4, 0.5) is 0 Å². The third-order valence-electron chi connectivity index (χ3n) is 6.81. The van der Waals surface area contributed by atoms with Crippen LogP contribution in [0.15, 0.2) is 53.3 Å². The first-order valence-corrected chi connectivity index (χ1v) is 12.7. The Bertz CT molecular complexity index is 1330. The standard InChI is InChI=1S/C28H36N6O2/c1-5-9-26(27-30-31-32-34(27)14-15-36-4)33(13-12-22-10-7-6-8-11-22)19-24-18-23-16-20(2)21(3)17-25(23)29-28(24)35/h6-8,10-11,16-18,26H,5,9,12-15,19H2,1-4H3,(H,29,35). The van der Waals surface area contributed by atoms with Gasteiger partial charge in [0.15, 0.2) is 5.82 Å². The second-order valence-electron chi connectivity index (χ2n) is 9.41. The van der Waals surface area contributed by atoms with Crippen molar-refractivity contribution in [1.82, 2.24) is 30.1 Å². The number of hydrogen-bond acceptors (Lipinski definition) is 6. The Morgan fingerprint density at radius 2 is 1.89 bits per heavy atom. The average molecular weight is 489 g/mol. The predicted octanol–water partition coefficient (Wildman–Crippen LogP) is 4.36. The van der Waals surface area contributed by atoms with Crippen molar-refractivity contribution in [3.8, 4) is 0 Å². The Kier molecular flexibility index (Phi) is 8.61. The number of fused-ring (bicyclic) bond motifs is 1. The number of aryl methyl sites for hydroxylation is 2. The molecule has 0 saturated carbocycles. The maximum atomic E-state index is 13.2. The number of methoxy groups -OCH3 is 1. The lowest BCUT2D eigenvalue weighted by Gasteiger charge is -2.31. The summed E-state index contributed by atoms with van der Waals surface area (Å²) in [7, 11) is 1.68. The van der Waals surface area contributed by atoms with E-state index in [9.17, 15) is 4.79 Å². The van der Waals surface area contributed by atoms with Gasteiger partial charge in [-0.1, -0.05) is 43.7 Å². The molecule has 0 spiro atoms. The maximum absolute atomic E-state index is 13.2. The lowest BCUT2D eigenvalue weighted by Crippen LogP contribution is -2.34. The zero-order valence-electron chi connectivity index (χ0n) is 21.7. The van der Waals surface area contributed by atoms with Crippen molar-refractivity contribution in [2.45, 2.75) is 59.2 Å². The number of aromatic nitrogens is 5. The van der Waals surface area contributed by atoms with Gasteiger partial charge in [-0.25, -0.2) is 4.68 Å². The van der Waals surface area contributed by atoms with Gasteiger partial charge in [0, 0.05) is 31.3 Å². The fourth-order valence-corrected chi connectivity index (χ4v) is 4.66. The van der Waals surface area contributed by atoms with E-state index in [0.29, 0.717) is 19.7 Å². The van der Waals surface area contributed by atoms with Crippen LogP contribution in [0.25, 0.3) is 10.9 Å². The van der Waals surface area contributed by atoms with Crippen molar-refractivity contribution in [3.05, 3.63) is 87.0 Å². The van der Waals surface area contributed by atoms with Crippen molar-refractivity contribution in [3.63, 3.8) is 0 Å². The highest BCUT2D eigenvalue weighted by Gasteiger charge is 2.26. The van der Waals surface area contributed by atoms with Gasteiger partial charge in [-0.2, -0.15) is 0 Å². The molecular formula is C28H36N6O2. The Hall–Kier alpha value is -3.36. The van der Waals surface area contributed by atoms with Crippen LogP contribution in [0.5, 0.6) is 0 Å². The predicted molar refractivity (Wildman–Crippen MR) is 142 cm³/mol. The van der Waals surface area contributed by atoms with E-state index in [1.165, 1.54) is 16.7 Å². The zero-order chi connectivity index (χ0) is 25.5. The minimum absolute atomic E-state index is 0.0274. The molecule has 1 atom stereocenters. The van der Waals surface area contributed by atoms with E-state index in [0.717, 1.165) is 48.1 Å². The topological polar surface area (TPSA) is 88.9 Å². The fourth-order valence-electron chi connectivity index (χ4n) is 4.66. The van der Waals surface area contributed by atoms with Gasteiger partial charge in [0.2, 0.25) is 0 Å². The van der Waals surface area contributed by atoms with Gasteiger partial charge in [0.1, 0.15) is 0 Å². The molecule has 0 saturated heterocycles. The maximum Gasteiger partial charge on any atom is 0.252 e. The number of pyridine rings is 1. The first-order valence-electron chi connectivity index (χ1n) is 12.7. The normalized spacial score (nSPS) is 12.5. The van der Waals surface area contributed by atoms with Crippen molar-refractivity contribution in [2.24, 2.45) is 0 Å². The molecule has 2 heterocycles. The van der Waals surface area contributed by atoms with Crippen molar-refractivity contribution >= 4 is 10.9 Å². The molecule has 4 rings (SSSR count). The van der Waals surface area contributed by atoms with Gasteiger partial charge < -0.3 is 9.72 Å². The average Bonchev–Trinajstić information content (AvgIpc) is 3.34. The van der Waals surface area contributed by atoms with Gasteiger partial charge in [0.05, 0.1) is 19.2 Å². The Morgan fingerprint density at radius 3 is 2.64 bits per heavy atom. The molecule has 36 heavy (non-hydrogen) atoms. The molecule has 0 bridgehead atoms. The van der Waals surface area contributed by atoms with Gasteiger partial charge in [-0.3, -0.25) is 9.69 Å². The lowest BCUT2D eigenvalue weighted by atomic mass is 10.0. The molecule has 190 valence electrons. The highest BCUT2D eigenvalue weighted by molar-refractivity contribution is 5.80. The Labute approximate surface area is 212 Å². The second kappa shape index (κ2) is 12.1. The molecule has 4 aromatic rings. The molecular weight excluding hydrogens is 452 g/mol. The van der Waals surface area contributed by atoms with Crippen LogP contribution in [0.2, 0.25) is 0 Å². The number of hydrogen-bond donors (Lipinski definition) is 1. The Morgan fingerprint density at radius 1 is 1.11 bits per heavy atom. The molecule has 2 aromatic carbocycles. The van der Waals surface area contributed by atoms with E-state index in [4.69, 9.17) is 4.74 Å². The minimum atomic E-state index is -0.0512. The quantitative estimate of drug-likeness (QED) is 0.319. The summed E-state index contributed by atoms with van der Waals surface area (Å²) in [6.07, 6.45) is 2.71. The summed E-state index contributed by atoms with van der Waals surface area (Å²) >= 11 is 0. The van der Waals surface area contributed by atoms with E-state index in [1.807, 2.05) is 22.9 Å². The number of tetrazole rings is 1. The Balaban J connectivity index is 1.70. The number of nitrogens with one attached hydrogen (secondary N) is 1. The molecule has 0 aliphatic rings. The highest BCUT2D eigenvalue weighted by atomic mass is 16.5. The monoisotopic (exact) mass is 488 g/mol. The SMILES string of the molecule is CCCC(c1nnnn1CCOC)N(CCc1ccccc1)Cc1cc2cc(C)c(C)cc2[nH]c1=O. The number of ether oxygens (including phenoxy) is 1. The molecule has 0 radical (unpaired) electrons. The second-order valence-corrected chi connectivity index (χ2v) is 9.41. The lowest BCUT2D eigenvalue weighted by molar-refractivity contribution is 0.154. The molecule has 8 heteroatoms. The van der Waals surface area contributed by atoms with Gasteiger partial charge in [0.25, 0.3) is 5.56 Å². The summed E-state index contributed by atoms with van der Waals surface area (Å²) in [4.78, 5) is 18.6. The summed E-state index contributed by atoms with van der Waals surface area (Å²) in [6, 6.07) is 16.6. The van der Waals surface area contributed by atoms with Gasteiger partial charge >= 0.3 is 0 Å². The van der Waals surface area contributed by atoms with E-state index in [2.05, 4.69) is 76.5 Å². The third-order valence-corrected chi connectivity index (χ3v) is 6.81. The third kappa shape index (κ3) is 6.06. The van der Waals surface area contributed by atoms with Crippen molar-refractivity contribution < 1.29 is 4.74 Å². The summed E-state index contributed by atoms with van der Waals surface area (Å²) in [6.45, 7) is 8.73. The van der Waals surface area contributed by atoms with Crippen LogP contribution in [0, 0.1) is 13.8 Å². The zero-order valence-corrected chi connectivity index (χ0v) is 21.7. The number of aromatic amines is 1. The number of H-pyrrole nitrogens is 1. The number of nitrogens with zero attached hydrogens (tertiary/aromatic N) is 5. The van der Waals surface area contributed by atoms with Crippen LogP contribution in [-0.4, -0.2) is 50.4 Å². The van der Waals surface area contributed by atoms with Crippen LogP contribution >= 0.6 is 0 Å². The summed E-state index contributed by atoms with van der Waals surface area (Å²) in [5, 5.41) is 13.7. The van der Waals surface area contributed by atoms with E-state index >= 15 is 0 Å². The summed E-state index contributed by atoms with van der Waals surface area (Å²) in [5.74, 6) is 0.811. The molecule has 8 nitrogen and oxygen atoms in total. The minimum Gasteiger partial charge on any atom is -0.383 e. The number of benzene rings is 2. The number of rotatable bonds is 12. The largest absolute Gasteiger partial charge is 0.383 e. The molecule has 0 fully saturated rings. The molecule has 0 aliphatic heterocycles. The molecule has 0 amide bonds. The van der Waals surface area contributed by atoms with E-state index < -0.39 is 0 Å². The van der Waals surface area contributed by atoms with Crippen molar-refractivity contribution in [2.75, 3.05) is 20.3 Å². The highest BCUT2D eigenvalue weighted by Crippen LogP contribution is 2.27. The first kappa shape index (κ1) is 25.7. The van der Waals surface area contributed by atoms with Crippen LogP contribution in [-0.2, 0) is 24.2 Å². The smallest absolute Gasteiger partial charge is 0.252 e. The molecule has 2 aromatic heterocycles. The van der Waals surface area contributed by atoms with Gasteiger partial charge in [-0.05, 0) is 77.4 Å². The fraction of sp³-hybridized carbons (Fsp3) is 0.429. The molecule has 0 aliphatic carbocycles. The van der Waals surface area contributed by atoms with Gasteiger partial charge in [-0.15, -0.1) is 5.10 Å². The van der Waals surface area contributed by atoms with Crippen molar-refractivity contribution in [1.29, 1.82) is 0 Å². The first-order chi connectivity index (χ1) is 17.5. The molecule has 1 unspecified atom stereocenters.